The summed E-state index contributed by atoms with van der Waals surface area (Å²) in [6.45, 7) is 6.30. The van der Waals surface area contributed by atoms with E-state index in [1.165, 1.54) is 70.6 Å². The van der Waals surface area contributed by atoms with Gasteiger partial charge in [0.05, 0.1) is 0 Å². The van der Waals surface area contributed by atoms with Crippen LogP contribution in [0.4, 0.5) is 0 Å². The van der Waals surface area contributed by atoms with E-state index in [9.17, 15) is 14.4 Å². The standard InChI is InChI=1S/C56H92O6/c1-4-7-10-13-16-19-22-25-27-29-31-34-37-40-43-46-49-55(58)61-52-53(51-60-54(57)48-45-42-39-36-33-30-24-21-18-15-12-9-6-3)62-56(59)50-47-44-41-38-35-32-28-26-23-20-17-14-11-8-5-2/h7-8,10-11,14,16-17,19-20,23,25,27,30,33,39,42,53H,4-6,9,12-13,15,18,21-22,24,26,28-29,31-32,34-38,40-41,43-52H2,1-3H3/b10-7+,11-8+,17-14+,19-16+,23-20+,27-25+,33-30+,42-39+. The molecule has 0 spiro atoms. The second-order valence-corrected chi connectivity index (χ2v) is 16.4. The lowest BCUT2D eigenvalue weighted by molar-refractivity contribution is -0.166. The summed E-state index contributed by atoms with van der Waals surface area (Å²) in [5.41, 5.74) is 0. The van der Waals surface area contributed by atoms with Gasteiger partial charge in [0.2, 0.25) is 0 Å². The number of carbonyl (C=O) groups is 3. The molecule has 0 saturated heterocycles. The Bertz CT molecular complexity index is 1260. The third-order valence-electron chi connectivity index (χ3n) is 10.4. The van der Waals surface area contributed by atoms with Gasteiger partial charge in [-0.2, -0.15) is 0 Å². The molecule has 0 aromatic heterocycles. The summed E-state index contributed by atoms with van der Waals surface area (Å²) in [6.07, 6.45) is 65.4. The van der Waals surface area contributed by atoms with Crippen molar-refractivity contribution in [2.75, 3.05) is 13.2 Å². The molecular formula is C56H92O6. The largest absolute Gasteiger partial charge is 0.462 e. The van der Waals surface area contributed by atoms with Crippen LogP contribution in [0.25, 0.3) is 0 Å². The minimum absolute atomic E-state index is 0.108. The first kappa shape index (κ1) is 58.3. The first-order valence-corrected chi connectivity index (χ1v) is 25.3. The van der Waals surface area contributed by atoms with Crippen LogP contribution in [0, 0.1) is 0 Å². The van der Waals surface area contributed by atoms with E-state index in [0.717, 1.165) is 103 Å². The summed E-state index contributed by atoms with van der Waals surface area (Å²) in [6, 6.07) is 0. The Balaban J connectivity index is 4.49. The third-order valence-corrected chi connectivity index (χ3v) is 10.4. The molecule has 0 aromatic rings. The van der Waals surface area contributed by atoms with E-state index in [2.05, 4.69) is 112 Å². The van der Waals surface area contributed by atoms with Crippen LogP contribution < -0.4 is 0 Å². The van der Waals surface area contributed by atoms with E-state index in [-0.39, 0.29) is 37.5 Å². The quantitative estimate of drug-likeness (QED) is 0.0200. The zero-order valence-electron chi connectivity index (χ0n) is 40.1. The molecule has 1 atom stereocenters. The zero-order chi connectivity index (χ0) is 45.1. The van der Waals surface area contributed by atoms with Crippen molar-refractivity contribution in [2.45, 2.75) is 226 Å². The molecule has 6 heteroatoms. The van der Waals surface area contributed by atoms with E-state index >= 15 is 0 Å². The number of unbranched alkanes of at least 4 members (excludes halogenated alkanes) is 19. The van der Waals surface area contributed by atoms with Gasteiger partial charge in [0, 0.05) is 19.3 Å². The fourth-order valence-corrected chi connectivity index (χ4v) is 6.63. The molecule has 0 radical (unpaired) electrons. The Morgan fingerprint density at radius 3 is 1.26 bits per heavy atom. The Kier molecular flexibility index (Phi) is 47.0. The first-order valence-electron chi connectivity index (χ1n) is 25.3. The van der Waals surface area contributed by atoms with Crippen molar-refractivity contribution in [3.05, 3.63) is 97.2 Å². The second-order valence-electron chi connectivity index (χ2n) is 16.4. The van der Waals surface area contributed by atoms with Crippen LogP contribution in [0.1, 0.15) is 220 Å². The van der Waals surface area contributed by atoms with Gasteiger partial charge in [0.1, 0.15) is 13.2 Å². The third kappa shape index (κ3) is 47.4. The maximum Gasteiger partial charge on any atom is 0.306 e. The Morgan fingerprint density at radius 2 is 0.742 bits per heavy atom. The Hall–Kier alpha value is -3.67. The lowest BCUT2D eigenvalue weighted by Crippen LogP contribution is -2.30. The van der Waals surface area contributed by atoms with Crippen LogP contribution in [-0.2, 0) is 28.6 Å². The van der Waals surface area contributed by atoms with Gasteiger partial charge in [0.25, 0.3) is 0 Å². The van der Waals surface area contributed by atoms with Crippen molar-refractivity contribution in [3.63, 3.8) is 0 Å². The van der Waals surface area contributed by atoms with E-state index in [1.807, 2.05) is 6.08 Å². The van der Waals surface area contributed by atoms with Crippen molar-refractivity contribution in [1.29, 1.82) is 0 Å². The minimum atomic E-state index is -0.812. The lowest BCUT2D eigenvalue weighted by Gasteiger charge is -2.18. The van der Waals surface area contributed by atoms with Crippen LogP contribution in [0.15, 0.2) is 97.2 Å². The average Bonchev–Trinajstić information content (AvgIpc) is 3.27. The molecule has 0 bridgehead atoms. The van der Waals surface area contributed by atoms with Gasteiger partial charge < -0.3 is 14.2 Å². The van der Waals surface area contributed by atoms with E-state index in [0.29, 0.717) is 19.3 Å². The molecule has 62 heavy (non-hydrogen) atoms. The summed E-state index contributed by atoms with van der Waals surface area (Å²) in [5, 5.41) is 0. The van der Waals surface area contributed by atoms with Gasteiger partial charge >= 0.3 is 17.9 Å². The fourth-order valence-electron chi connectivity index (χ4n) is 6.63. The van der Waals surface area contributed by atoms with Crippen LogP contribution in [0.3, 0.4) is 0 Å². The molecule has 0 aliphatic heterocycles. The minimum Gasteiger partial charge on any atom is -0.462 e. The molecule has 0 amide bonds. The summed E-state index contributed by atoms with van der Waals surface area (Å²) >= 11 is 0. The van der Waals surface area contributed by atoms with Gasteiger partial charge in [-0.15, -0.1) is 0 Å². The second kappa shape index (κ2) is 50.0. The van der Waals surface area contributed by atoms with Crippen LogP contribution in [0.2, 0.25) is 0 Å². The number of carbonyl (C=O) groups excluding carboxylic acids is 3. The van der Waals surface area contributed by atoms with Crippen molar-refractivity contribution >= 4 is 17.9 Å². The lowest BCUT2D eigenvalue weighted by atomic mass is 10.1. The van der Waals surface area contributed by atoms with Gasteiger partial charge in [-0.25, -0.2) is 0 Å². The van der Waals surface area contributed by atoms with E-state index in [1.54, 1.807) is 0 Å². The highest BCUT2D eigenvalue weighted by atomic mass is 16.6. The summed E-state index contributed by atoms with van der Waals surface area (Å²) in [5.74, 6) is -1.01. The molecule has 0 aliphatic rings. The molecule has 6 nitrogen and oxygen atoms in total. The smallest absolute Gasteiger partial charge is 0.306 e. The molecule has 352 valence electrons. The number of hydrogen-bond acceptors (Lipinski definition) is 6. The monoisotopic (exact) mass is 861 g/mol. The summed E-state index contributed by atoms with van der Waals surface area (Å²) in [7, 11) is 0. The van der Waals surface area contributed by atoms with Gasteiger partial charge in [-0.3, -0.25) is 14.4 Å². The number of esters is 3. The Labute approximate surface area is 381 Å². The van der Waals surface area contributed by atoms with Crippen molar-refractivity contribution < 1.29 is 28.6 Å². The number of ether oxygens (including phenoxy) is 3. The number of allylic oxidation sites excluding steroid dienone is 16. The van der Waals surface area contributed by atoms with Crippen molar-refractivity contribution in [2.24, 2.45) is 0 Å². The topological polar surface area (TPSA) is 78.9 Å². The predicted molar refractivity (Wildman–Crippen MR) is 265 cm³/mol. The molecule has 0 saturated carbocycles. The van der Waals surface area contributed by atoms with Crippen LogP contribution >= 0.6 is 0 Å². The molecule has 0 heterocycles. The molecule has 1 unspecified atom stereocenters. The highest BCUT2D eigenvalue weighted by Gasteiger charge is 2.19. The van der Waals surface area contributed by atoms with E-state index < -0.39 is 6.10 Å². The molecule has 0 rings (SSSR count). The molecule has 0 aliphatic carbocycles. The van der Waals surface area contributed by atoms with Crippen LogP contribution in [-0.4, -0.2) is 37.2 Å². The highest BCUT2D eigenvalue weighted by molar-refractivity contribution is 5.71. The number of hydrogen-bond donors (Lipinski definition) is 0. The fraction of sp³-hybridized carbons (Fsp3) is 0.661. The first-order chi connectivity index (χ1) is 30.5. The zero-order valence-corrected chi connectivity index (χ0v) is 40.1. The maximum atomic E-state index is 12.8. The Morgan fingerprint density at radius 1 is 0.355 bits per heavy atom. The van der Waals surface area contributed by atoms with Crippen LogP contribution in [0.5, 0.6) is 0 Å². The van der Waals surface area contributed by atoms with E-state index in [4.69, 9.17) is 14.2 Å². The molecule has 0 N–H and O–H groups in total. The maximum absolute atomic E-state index is 12.8. The van der Waals surface area contributed by atoms with Gasteiger partial charge in [-0.05, 0) is 89.9 Å². The number of rotatable bonds is 44. The SMILES string of the molecule is CC/C=C/C=C/C=C/CCCCCCCCCC(=O)OC(COC(=O)CC/C=C/C/C=C/CCCCCCCC)COC(=O)CCCCCCCC/C=C/C/C=C/C/C=C/CC. The molecule has 0 fully saturated rings. The normalized spacial score (nSPS) is 12.9. The summed E-state index contributed by atoms with van der Waals surface area (Å²) in [4.78, 5) is 37.9. The van der Waals surface area contributed by atoms with Crippen molar-refractivity contribution in [3.8, 4) is 0 Å². The van der Waals surface area contributed by atoms with Crippen molar-refractivity contribution in [1.82, 2.24) is 0 Å². The highest BCUT2D eigenvalue weighted by Crippen LogP contribution is 2.13. The molecule has 0 aromatic carbocycles. The average molecular weight is 861 g/mol. The predicted octanol–water partition coefficient (Wildman–Crippen LogP) is 16.6. The summed E-state index contributed by atoms with van der Waals surface area (Å²) < 4.78 is 16.7. The van der Waals surface area contributed by atoms with Gasteiger partial charge in [-0.1, -0.05) is 208 Å². The van der Waals surface area contributed by atoms with Gasteiger partial charge in [0.15, 0.2) is 6.10 Å². The molecular weight excluding hydrogens is 769 g/mol.